The monoisotopic (exact) mass is 595 g/mol. The molecule has 3 amide bonds. The third-order valence-electron chi connectivity index (χ3n) is 7.35. The van der Waals surface area contributed by atoms with Crippen LogP contribution in [0.3, 0.4) is 0 Å². The lowest BCUT2D eigenvalue weighted by Crippen LogP contribution is -2.42. The molecule has 3 aromatic rings. The molecule has 0 saturated carbocycles. The van der Waals surface area contributed by atoms with Gasteiger partial charge in [-0.05, 0) is 47.1 Å². The molecule has 0 aliphatic heterocycles. The molecule has 1 aliphatic carbocycles. The van der Waals surface area contributed by atoms with Crippen molar-refractivity contribution in [2.45, 2.75) is 50.7 Å². The van der Waals surface area contributed by atoms with E-state index in [1.54, 1.807) is 0 Å². The maximum Gasteiger partial charge on any atom is 0.407 e. The van der Waals surface area contributed by atoms with Gasteiger partial charge in [0.2, 0.25) is 11.8 Å². The van der Waals surface area contributed by atoms with Crippen LogP contribution in [0.1, 0.15) is 54.7 Å². The van der Waals surface area contributed by atoms with Gasteiger partial charge in [-0.2, -0.15) is 0 Å². The lowest BCUT2D eigenvalue weighted by molar-refractivity contribution is -0.147. The van der Waals surface area contributed by atoms with Crippen molar-refractivity contribution in [3.8, 4) is 23.5 Å². The van der Waals surface area contributed by atoms with Gasteiger partial charge in [-0.3, -0.25) is 9.59 Å². The third kappa shape index (κ3) is 9.20. The first-order chi connectivity index (χ1) is 21.5. The van der Waals surface area contributed by atoms with Crippen molar-refractivity contribution in [2.75, 3.05) is 19.7 Å². The molecule has 1 unspecified atom stereocenters. The summed E-state index contributed by atoms with van der Waals surface area (Å²) in [6.45, 7) is 0.687. The smallest absolute Gasteiger partial charge is 0.407 e. The number of hydrogen-bond acceptors (Lipinski definition) is 6. The number of rotatable bonds is 15. The highest BCUT2D eigenvalue weighted by Crippen LogP contribution is 2.44. The standard InChI is InChI=1S/C35H37N3O6/c1-2-21-36-32(39)19-20-33(40)37-22-11-10-18-31(34(41)43-23-25-12-4-3-5-13-25)38-35(42)44-24-30-28-16-8-6-14-26(28)27-15-7-9-17-29(27)30/h1,3-9,12-17,30-31H,10-11,18-24H2,(H,36,39)(H,37,40)(H,38,42). The molecule has 1 aliphatic rings. The molecular formula is C35H37N3O6. The summed E-state index contributed by atoms with van der Waals surface area (Å²) in [6, 6.07) is 24.5. The highest BCUT2D eigenvalue weighted by atomic mass is 16.6. The molecule has 9 nitrogen and oxygen atoms in total. The second kappa shape index (κ2) is 16.5. The number of hydrogen-bond donors (Lipinski definition) is 3. The fourth-order valence-corrected chi connectivity index (χ4v) is 5.12. The zero-order chi connectivity index (χ0) is 31.1. The number of ether oxygens (including phenoxy) is 2. The Hall–Kier alpha value is -5.10. The average Bonchev–Trinajstić information content (AvgIpc) is 3.37. The molecule has 228 valence electrons. The Balaban J connectivity index is 1.28. The van der Waals surface area contributed by atoms with Gasteiger partial charge < -0.3 is 25.4 Å². The van der Waals surface area contributed by atoms with E-state index in [1.807, 2.05) is 66.7 Å². The second-order valence-corrected chi connectivity index (χ2v) is 10.4. The molecule has 9 heteroatoms. The number of nitrogens with one attached hydrogen (secondary N) is 3. The van der Waals surface area contributed by atoms with Crippen LogP contribution in [-0.4, -0.2) is 49.6 Å². The van der Waals surface area contributed by atoms with Gasteiger partial charge >= 0.3 is 12.1 Å². The van der Waals surface area contributed by atoms with Gasteiger partial charge in [0, 0.05) is 25.3 Å². The number of fused-ring (bicyclic) bond motifs is 3. The fourth-order valence-electron chi connectivity index (χ4n) is 5.12. The molecule has 0 bridgehead atoms. The van der Waals surface area contributed by atoms with E-state index in [1.165, 1.54) is 0 Å². The SMILES string of the molecule is C#CCNC(=O)CCC(=O)NCCCCC(NC(=O)OCC1c2ccccc2-c2ccccc21)C(=O)OCc1ccccc1. The van der Waals surface area contributed by atoms with Crippen LogP contribution in [0.25, 0.3) is 11.1 Å². The predicted molar refractivity (Wildman–Crippen MR) is 166 cm³/mol. The molecule has 0 spiro atoms. The van der Waals surface area contributed by atoms with E-state index >= 15 is 0 Å². The van der Waals surface area contributed by atoms with Crippen LogP contribution >= 0.6 is 0 Å². The summed E-state index contributed by atoms with van der Waals surface area (Å²) in [5, 5.41) is 7.97. The largest absolute Gasteiger partial charge is 0.459 e. The van der Waals surface area contributed by atoms with Crippen molar-refractivity contribution in [1.82, 2.24) is 16.0 Å². The van der Waals surface area contributed by atoms with Gasteiger partial charge in [-0.25, -0.2) is 9.59 Å². The van der Waals surface area contributed by atoms with Crippen molar-refractivity contribution in [2.24, 2.45) is 0 Å². The lowest BCUT2D eigenvalue weighted by Gasteiger charge is -2.19. The summed E-state index contributed by atoms with van der Waals surface area (Å²) >= 11 is 0. The zero-order valence-corrected chi connectivity index (χ0v) is 24.6. The number of unbranched alkanes of at least 4 members (excludes halogenated alkanes) is 1. The van der Waals surface area contributed by atoms with Gasteiger partial charge in [0.05, 0.1) is 6.54 Å². The fraction of sp³-hybridized carbons (Fsp3) is 0.314. The molecule has 3 aromatic carbocycles. The molecule has 0 heterocycles. The van der Waals surface area contributed by atoms with Gasteiger partial charge in [0.1, 0.15) is 19.3 Å². The van der Waals surface area contributed by atoms with Crippen LogP contribution in [0.15, 0.2) is 78.9 Å². The van der Waals surface area contributed by atoms with Crippen molar-refractivity contribution < 1.29 is 28.7 Å². The van der Waals surface area contributed by atoms with Crippen molar-refractivity contribution in [3.05, 3.63) is 95.6 Å². The van der Waals surface area contributed by atoms with Crippen LogP contribution in [0.5, 0.6) is 0 Å². The molecule has 1 atom stereocenters. The minimum atomic E-state index is -0.926. The normalized spacial score (nSPS) is 12.2. The van der Waals surface area contributed by atoms with Crippen LogP contribution in [0.4, 0.5) is 4.79 Å². The van der Waals surface area contributed by atoms with Gasteiger partial charge in [0.15, 0.2) is 0 Å². The van der Waals surface area contributed by atoms with E-state index < -0.39 is 18.1 Å². The second-order valence-electron chi connectivity index (χ2n) is 10.4. The van der Waals surface area contributed by atoms with Crippen LogP contribution in [0.2, 0.25) is 0 Å². The Kier molecular flexibility index (Phi) is 11.9. The predicted octanol–water partition coefficient (Wildman–Crippen LogP) is 4.45. The van der Waals surface area contributed by atoms with Crippen molar-refractivity contribution in [3.63, 3.8) is 0 Å². The zero-order valence-electron chi connectivity index (χ0n) is 24.6. The lowest BCUT2D eigenvalue weighted by atomic mass is 9.98. The first-order valence-corrected chi connectivity index (χ1v) is 14.7. The van der Waals surface area contributed by atoms with E-state index in [9.17, 15) is 19.2 Å². The van der Waals surface area contributed by atoms with Crippen LogP contribution in [-0.2, 0) is 30.5 Å². The van der Waals surface area contributed by atoms with Gasteiger partial charge in [-0.1, -0.05) is 84.8 Å². The number of amides is 3. The molecule has 44 heavy (non-hydrogen) atoms. The minimum Gasteiger partial charge on any atom is -0.459 e. The Bertz CT molecular complexity index is 1440. The van der Waals surface area contributed by atoms with E-state index in [0.29, 0.717) is 25.8 Å². The summed E-state index contributed by atoms with van der Waals surface area (Å²) < 4.78 is 11.2. The molecule has 0 aromatic heterocycles. The van der Waals surface area contributed by atoms with E-state index in [4.69, 9.17) is 15.9 Å². The van der Waals surface area contributed by atoms with E-state index in [2.05, 4.69) is 34.0 Å². The minimum absolute atomic E-state index is 0.0485. The van der Waals surface area contributed by atoms with Crippen molar-refractivity contribution in [1.29, 1.82) is 0 Å². The average molecular weight is 596 g/mol. The first kappa shape index (κ1) is 31.8. The van der Waals surface area contributed by atoms with Gasteiger partial charge in [0.25, 0.3) is 0 Å². The quantitative estimate of drug-likeness (QED) is 0.136. The molecule has 3 N–H and O–H groups in total. The molecular weight excluding hydrogens is 558 g/mol. The first-order valence-electron chi connectivity index (χ1n) is 14.7. The summed E-state index contributed by atoms with van der Waals surface area (Å²) in [7, 11) is 0. The molecule has 4 rings (SSSR count). The number of carbonyl (C=O) groups excluding carboxylic acids is 4. The summed E-state index contributed by atoms with van der Waals surface area (Å²) in [4.78, 5) is 49.6. The van der Waals surface area contributed by atoms with Crippen LogP contribution < -0.4 is 16.0 Å². The molecule has 0 fully saturated rings. The Labute approximate surface area is 257 Å². The number of benzene rings is 3. The Morgan fingerprint density at radius 2 is 1.39 bits per heavy atom. The maximum atomic E-state index is 13.0. The van der Waals surface area contributed by atoms with E-state index in [0.717, 1.165) is 27.8 Å². The van der Waals surface area contributed by atoms with Crippen LogP contribution in [0, 0.1) is 12.3 Å². The third-order valence-corrected chi connectivity index (χ3v) is 7.35. The Morgan fingerprint density at radius 3 is 2.05 bits per heavy atom. The highest BCUT2D eigenvalue weighted by molar-refractivity contribution is 5.84. The number of carbonyl (C=O) groups is 4. The number of alkyl carbamates (subject to hydrolysis) is 1. The summed E-state index contributed by atoms with van der Waals surface area (Å²) in [5.41, 5.74) is 5.26. The van der Waals surface area contributed by atoms with Crippen molar-refractivity contribution >= 4 is 23.9 Å². The van der Waals surface area contributed by atoms with E-state index in [-0.39, 0.29) is 50.3 Å². The molecule has 0 saturated heterocycles. The molecule has 0 radical (unpaired) electrons. The van der Waals surface area contributed by atoms with Gasteiger partial charge in [-0.15, -0.1) is 6.42 Å². The maximum absolute atomic E-state index is 13.0. The number of esters is 1. The number of terminal acetylenes is 1. The highest BCUT2D eigenvalue weighted by Gasteiger charge is 2.30. The summed E-state index contributed by atoms with van der Waals surface area (Å²) in [6.07, 6.45) is 5.88. The Morgan fingerprint density at radius 1 is 0.773 bits per heavy atom. The topological polar surface area (TPSA) is 123 Å². The summed E-state index contributed by atoms with van der Waals surface area (Å²) in [5.74, 6) is 1.10.